The Balaban J connectivity index is 1.78. The predicted octanol–water partition coefficient (Wildman–Crippen LogP) is 5.85. The second-order valence-corrected chi connectivity index (χ2v) is 7.98. The molecule has 0 spiro atoms. The predicted molar refractivity (Wildman–Crippen MR) is 123 cm³/mol. The summed E-state index contributed by atoms with van der Waals surface area (Å²) >= 11 is 6.59. The summed E-state index contributed by atoms with van der Waals surface area (Å²) in [6, 6.07) is 18.8. The number of urea groups is 1. The molecule has 0 radical (unpaired) electrons. The van der Waals surface area contributed by atoms with Crippen molar-refractivity contribution in [3.8, 4) is 11.5 Å². The number of anilines is 1. The third kappa shape index (κ3) is 4.19. The number of halogens is 1. The van der Waals surface area contributed by atoms with Crippen LogP contribution in [-0.4, -0.2) is 31.7 Å². The maximum Gasteiger partial charge on any atom is 0.322 e. The molecular formula is C25H25ClN2O3. The topological polar surface area (TPSA) is 50.8 Å². The van der Waals surface area contributed by atoms with Crippen LogP contribution in [0.15, 0.2) is 60.7 Å². The summed E-state index contributed by atoms with van der Waals surface area (Å²) in [6.07, 6.45) is 0.706. The molecule has 160 valence electrons. The SMILES string of the molecule is COc1cc2c(cc1OC)[C@H](c1ccccc1Cl)N(C(=O)Nc1ccc(C)cc1)CC2. The number of fused-ring (bicyclic) bond motifs is 1. The average molecular weight is 437 g/mol. The zero-order valence-corrected chi connectivity index (χ0v) is 18.6. The second-order valence-electron chi connectivity index (χ2n) is 7.57. The first-order valence-electron chi connectivity index (χ1n) is 10.2. The quantitative estimate of drug-likeness (QED) is 0.558. The number of nitrogens with one attached hydrogen (secondary N) is 1. The molecule has 31 heavy (non-hydrogen) atoms. The fourth-order valence-electron chi connectivity index (χ4n) is 4.03. The minimum atomic E-state index is -0.345. The monoisotopic (exact) mass is 436 g/mol. The lowest BCUT2D eigenvalue weighted by Gasteiger charge is -2.38. The molecule has 0 saturated heterocycles. The lowest BCUT2D eigenvalue weighted by atomic mass is 9.87. The zero-order valence-electron chi connectivity index (χ0n) is 17.8. The molecular weight excluding hydrogens is 412 g/mol. The van der Waals surface area contributed by atoms with E-state index in [0.29, 0.717) is 29.5 Å². The average Bonchev–Trinajstić information content (AvgIpc) is 2.79. The van der Waals surface area contributed by atoms with Crippen LogP contribution in [0.4, 0.5) is 10.5 Å². The van der Waals surface area contributed by atoms with Crippen LogP contribution in [0.5, 0.6) is 11.5 Å². The maximum atomic E-state index is 13.4. The number of carbonyl (C=O) groups is 1. The fraction of sp³-hybridized carbons (Fsp3) is 0.240. The van der Waals surface area contributed by atoms with Crippen molar-refractivity contribution in [2.24, 2.45) is 0 Å². The lowest BCUT2D eigenvalue weighted by molar-refractivity contribution is 0.193. The van der Waals surface area contributed by atoms with Gasteiger partial charge in [-0.2, -0.15) is 0 Å². The van der Waals surface area contributed by atoms with Crippen LogP contribution in [0, 0.1) is 6.92 Å². The molecule has 3 aromatic rings. The van der Waals surface area contributed by atoms with E-state index in [-0.39, 0.29) is 12.1 Å². The van der Waals surface area contributed by atoms with E-state index in [1.807, 2.05) is 72.5 Å². The van der Waals surface area contributed by atoms with Crippen molar-refractivity contribution in [1.29, 1.82) is 0 Å². The van der Waals surface area contributed by atoms with Gasteiger partial charge >= 0.3 is 6.03 Å². The van der Waals surface area contributed by atoms with E-state index in [4.69, 9.17) is 21.1 Å². The molecule has 1 aliphatic heterocycles. The third-order valence-electron chi connectivity index (χ3n) is 5.64. The van der Waals surface area contributed by atoms with Crippen molar-refractivity contribution < 1.29 is 14.3 Å². The standard InChI is InChI=1S/C25H25ClN2O3/c1-16-8-10-18(11-9-16)27-25(29)28-13-12-17-14-22(30-2)23(31-3)15-20(17)24(28)19-6-4-5-7-21(19)26/h4-11,14-15,24H,12-13H2,1-3H3,(H,27,29)/t24-/m0/s1. The van der Waals surface area contributed by atoms with Crippen molar-refractivity contribution in [3.63, 3.8) is 0 Å². The Labute approximate surface area is 187 Å². The van der Waals surface area contributed by atoms with Gasteiger partial charge in [0.25, 0.3) is 0 Å². The van der Waals surface area contributed by atoms with Crippen molar-refractivity contribution in [2.75, 3.05) is 26.1 Å². The molecule has 0 unspecified atom stereocenters. The maximum absolute atomic E-state index is 13.4. The molecule has 0 fully saturated rings. The van der Waals surface area contributed by atoms with E-state index >= 15 is 0 Å². The van der Waals surface area contributed by atoms with E-state index in [0.717, 1.165) is 27.9 Å². The van der Waals surface area contributed by atoms with Gasteiger partial charge in [-0.25, -0.2) is 4.79 Å². The molecule has 0 aliphatic carbocycles. The Morgan fingerprint density at radius 1 is 1.00 bits per heavy atom. The Bertz CT molecular complexity index is 1100. The highest BCUT2D eigenvalue weighted by Gasteiger charge is 2.34. The summed E-state index contributed by atoms with van der Waals surface area (Å²) in [6.45, 7) is 2.57. The molecule has 6 heteroatoms. The summed E-state index contributed by atoms with van der Waals surface area (Å²) < 4.78 is 11.0. The van der Waals surface area contributed by atoms with Crippen LogP contribution in [0.3, 0.4) is 0 Å². The highest BCUT2D eigenvalue weighted by Crippen LogP contribution is 2.42. The molecule has 4 rings (SSSR count). The highest BCUT2D eigenvalue weighted by molar-refractivity contribution is 6.31. The number of amides is 2. The van der Waals surface area contributed by atoms with Crippen LogP contribution in [-0.2, 0) is 6.42 Å². The van der Waals surface area contributed by atoms with Crippen molar-refractivity contribution in [1.82, 2.24) is 4.90 Å². The van der Waals surface area contributed by atoms with Gasteiger partial charge < -0.3 is 19.7 Å². The minimum absolute atomic E-state index is 0.172. The lowest BCUT2D eigenvalue weighted by Crippen LogP contribution is -2.43. The van der Waals surface area contributed by atoms with Gasteiger partial charge in [0, 0.05) is 17.3 Å². The van der Waals surface area contributed by atoms with Gasteiger partial charge in [-0.15, -0.1) is 0 Å². The molecule has 1 atom stereocenters. The number of benzene rings is 3. The van der Waals surface area contributed by atoms with Gasteiger partial charge in [0.1, 0.15) is 0 Å². The molecule has 0 bridgehead atoms. The molecule has 1 heterocycles. The van der Waals surface area contributed by atoms with Crippen LogP contribution in [0.1, 0.15) is 28.3 Å². The van der Waals surface area contributed by atoms with Crippen molar-refractivity contribution >= 4 is 23.3 Å². The van der Waals surface area contributed by atoms with E-state index in [1.54, 1.807) is 14.2 Å². The third-order valence-corrected chi connectivity index (χ3v) is 5.98. The normalized spacial score (nSPS) is 15.2. The summed E-state index contributed by atoms with van der Waals surface area (Å²) in [5.74, 6) is 1.30. The molecule has 0 aromatic heterocycles. The fourth-order valence-corrected chi connectivity index (χ4v) is 4.27. The van der Waals surface area contributed by atoms with Crippen molar-refractivity contribution in [2.45, 2.75) is 19.4 Å². The highest BCUT2D eigenvalue weighted by atomic mass is 35.5. The summed E-state index contributed by atoms with van der Waals surface area (Å²) in [4.78, 5) is 15.2. The summed E-state index contributed by atoms with van der Waals surface area (Å²) in [5.41, 5.74) is 4.86. The van der Waals surface area contributed by atoms with Gasteiger partial charge in [0.05, 0.1) is 20.3 Å². The molecule has 0 saturated carbocycles. The second kappa shape index (κ2) is 8.90. The molecule has 1 N–H and O–H groups in total. The number of carbonyl (C=O) groups excluding carboxylic acids is 1. The van der Waals surface area contributed by atoms with Gasteiger partial charge in [0.15, 0.2) is 11.5 Å². The molecule has 2 amide bonds. The number of aryl methyl sites for hydroxylation is 1. The van der Waals surface area contributed by atoms with E-state index in [2.05, 4.69) is 5.32 Å². The number of hydrogen-bond donors (Lipinski definition) is 1. The minimum Gasteiger partial charge on any atom is -0.493 e. The molecule has 3 aromatic carbocycles. The van der Waals surface area contributed by atoms with Crippen molar-refractivity contribution in [3.05, 3.63) is 87.9 Å². The van der Waals surface area contributed by atoms with E-state index in [9.17, 15) is 4.79 Å². The van der Waals surface area contributed by atoms with Crippen LogP contribution >= 0.6 is 11.6 Å². The van der Waals surface area contributed by atoms with Gasteiger partial charge in [0.2, 0.25) is 0 Å². The zero-order chi connectivity index (χ0) is 22.0. The first-order chi connectivity index (χ1) is 15.0. The number of nitrogens with zero attached hydrogens (tertiary/aromatic N) is 1. The van der Waals surface area contributed by atoms with Crippen LogP contribution < -0.4 is 14.8 Å². The molecule has 5 nitrogen and oxygen atoms in total. The Morgan fingerprint density at radius 2 is 1.68 bits per heavy atom. The smallest absolute Gasteiger partial charge is 0.322 e. The number of rotatable bonds is 4. The van der Waals surface area contributed by atoms with Gasteiger partial charge in [-0.05, 0) is 60.4 Å². The first kappa shape index (κ1) is 21.1. The van der Waals surface area contributed by atoms with Gasteiger partial charge in [-0.3, -0.25) is 0 Å². The van der Waals surface area contributed by atoms with Crippen LogP contribution in [0.2, 0.25) is 5.02 Å². The Morgan fingerprint density at radius 3 is 2.35 bits per heavy atom. The Hall–Kier alpha value is -3.18. The number of ether oxygens (including phenoxy) is 2. The van der Waals surface area contributed by atoms with Crippen LogP contribution in [0.25, 0.3) is 0 Å². The van der Waals surface area contributed by atoms with E-state index < -0.39 is 0 Å². The molecule has 1 aliphatic rings. The summed E-state index contributed by atoms with van der Waals surface area (Å²) in [7, 11) is 3.24. The van der Waals surface area contributed by atoms with E-state index in [1.165, 1.54) is 0 Å². The number of methoxy groups -OCH3 is 2. The largest absolute Gasteiger partial charge is 0.493 e. The Kier molecular flexibility index (Phi) is 6.05. The summed E-state index contributed by atoms with van der Waals surface area (Å²) in [5, 5.41) is 3.64. The number of hydrogen-bond acceptors (Lipinski definition) is 3. The van der Waals surface area contributed by atoms with Gasteiger partial charge in [-0.1, -0.05) is 47.5 Å². The first-order valence-corrected chi connectivity index (χ1v) is 10.5.